The van der Waals surface area contributed by atoms with Crippen LogP contribution < -0.4 is 23.7 Å². The molecule has 0 atom stereocenters. The summed E-state index contributed by atoms with van der Waals surface area (Å²) in [5.74, 6) is -0.176. The number of carbonyl (C=O) groups excluding carboxylic acids is 4. The number of amides is 4. The molecule has 1 aliphatic carbocycles. The van der Waals surface area contributed by atoms with Gasteiger partial charge < -0.3 is 24.2 Å². The minimum absolute atomic E-state index is 0.00300. The van der Waals surface area contributed by atoms with E-state index in [-0.39, 0.29) is 51.6 Å². The highest BCUT2D eigenvalue weighted by Gasteiger charge is 2.30. The number of anilines is 3. The largest absolute Gasteiger partial charge is 0.383 e. The van der Waals surface area contributed by atoms with Crippen molar-refractivity contribution in [2.24, 2.45) is 0 Å². The summed E-state index contributed by atoms with van der Waals surface area (Å²) in [6.45, 7) is 7.09. The van der Waals surface area contributed by atoms with Crippen LogP contribution in [0, 0.1) is 31.0 Å². The van der Waals surface area contributed by atoms with E-state index in [1.54, 1.807) is 84.3 Å². The number of hydrogen-bond acceptors (Lipinski definition) is 14. The third-order valence-corrected chi connectivity index (χ3v) is 20.6. The SMILES string of the molecule is Cc1ccc(C(=O)N2CCC(c3ccc(C(=O)NC4CC4)cc3)CC2)cc1NS(C)(=O)=O.Cc1ccc(C(=O)N2CCC(c3ccc(OS(C)(=O)=O)cc3)CC2)cc1NS(C)(=O)=O.N#Cc1ccc(C2CCN(C(=O)c3ccc(Cl)c(NS(=O)(=O)c4ccccc4F)c3)CC2)cc1. The summed E-state index contributed by atoms with van der Waals surface area (Å²) in [5, 5.41) is 12.1. The normalized spacial score (nSPS) is 15.7. The molecule has 0 unspecified atom stereocenters. The first-order valence-corrected chi connectivity index (χ1v) is 38.9. The monoisotopic (exact) mass is 1420 g/mol. The Labute approximate surface area is 571 Å². The lowest BCUT2D eigenvalue weighted by Crippen LogP contribution is -2.38. The fourth-order valence-electron chi connectivity index (χ4n) is 11.7. The molecule has 97 heavy (non-hydrogen) atoms. The van der Waals surface area contributed by atoms with Crippen molar-refractivity contribution in [2.75, 3.05) is 72.2 Å². The number of aryl methyl sites for hydroxylation is 2. The number of sulfonamides is 3. The quantitative estimate of drug-likeness (QED) is 0.0617. The number of carbonyl (C=O) groups is 4. The van der Waals surface area contributed by atoms with E-state index in [0.29, 0.717) is 90.8 Å². The number of nitriles is 1. The van der Waals surface area contributed by atoms with Crippen molar-refractivity contribution >= 4 is 92.5 Å². The van der Waals surface area contributed by atoms with Crippen molar-refractivity contribution in [3.8, 4) is 11.8 Å². The van der Waals surface area contributed by atoms with E-state index in [1.807, 2.05) is 53.4 Å². The van der Waals surface area contributed by atoms with Crippen LogP contribution in [0.15, 0.2) is 157 Å². The highest BCUT2D eigenvalue weighted by molar-refractivity contribution is 7.93. The molecule has 4 amide bonds. The van der Waals surface area contributed by atoms with Crippen molar-refractivity contribution in [2.45, 2.75) is 93.9 Å². The van der Waals surface area contributed by atoms with E-state index in [1.165, 1.54) is 35.9 Å². The van der Waals surface area contributed by atoms with Crippen LogP contribution in [-0.4, -0.2) is 136 Å². The lowest BCUT2D eigenvalue weighted by atomic mass is 9.88. The van der Waals surface area contributed by atoms with Crippen molar-refractivity contribution in [1.82, 2.24) is 20.0 Å². The molecule has 4 aliphatic rings. The highest BCUT2D eigenvalue weighted by atomic mass is 35.5. The third kappa shape index (κ3) is 20.4. The Bertz CT molecular complexity index is 4570. The van der Waals surface area contributed by atoms with Crippen LogP contribution in [0.2, 0.25) is 5.02 Å². The minimum atomic E-state index is -4.23. The van der Waals surface area contributed by atoms with Crippen LogP contribution >= 0.6 is 11.6 Å². The highest BCUT2D eigenvalue weighted by Crippen LogP contribution is 2.35. The van der Waals surface area contributed by atoms with Gasteiger partial charge in [0.15, 0.2) is 0 Å². The van der Waals surface area contributed by atoms with Gasteiger partial charge in [-0.25, -0.2) is 29.6 Å². The standard InChI is InChI=1S/C25H21ClFN3O3S.C24H29N3O4S.C21H26N2O6S2/c26-21-10-9-20(15-23(21)29-34(32,33)24-4-2-1-3-22(24)27)25(31)30-13-11-19(12-14-30)18-7-5-17(16-28)6-8-18;1-16-3-4-20(15-22(16)26-32(2,30)31)24(29)27-13-11-18(12-14-27)17-5-7-19(8-6-17)23(28)25-21-9-10-21;1-15-4-5-18(14-20(15)22-30(2,25)26)21(24)23-12-10-17(11-13-23)16-6-8-19(9-7-16)29-31(3,27)28/h1-10,15,19,29H,11-14H2;3-8,15,18,21,26H,9-14H2,1-2H3,(H,25,28);4-9,14,17,22H,10-13H2,1-3H3. The van der Waals surface area contributed by atoms with Gasteiger partial charge in [0.1, 0.15) is 16.5 Å². The van der Waals surface area contributed by atoms with E-state index < -0.39 is 50.9 Å². The van der Waals surface area contributed by atoms with Gasteiger partial charge in [0, 0.05) is 67.6 Å². The fraction of sp³-hybridized carbons (Fsp3) is 0.329. The average molecular weight is 1420 g/mol. The Kier molecular flexibility index (Phi) is 23.2. The number of likely N-dealkylation sites (tertiary alicyclic amines) is 3. The topological polar surface area (TPSA) is 296 Å². The predicted molar refractivity (Wildman–Crippen MR) is 372 cm³/mol. The van der Waals surface area contributed by atoms with Crippen LogP contribution in [-0.2, 0) is 40.2 Å². The predicted octanol–water partition coefficient (Wildman–Crippen LogP) is 11.2. The number of rotatable bonds is 17. The molecule has 0 aromatic heterocycles. The van der Waals surface area contributed by atoms with Crippen molar-refractivity contribution in [1.29, 1.82) is 5.26 Å². The molecule has 3 saturated heterocycles. The molecule has 3 aliphatic heterocycles. The molecule has 3 heterocycles. The van der Waals surface area contributed by atoms with Gasteiger partial charge in [0.2, 0.25) is 20.0 Å². The third-order valence-electron chi connectivity index (χ3n) is 17.2. The zero-order valence-corrected chi connectivity index (χ0v) is 58.1. The first kappa shape index (κ1) is 72.4. The molecule has 11 rings (SSSR count). The Balaban J connectivity index is 0.000000171. The number of benzene rings is 7. The molecule has 4 N–H and O–H groups in total. The van der Waals surface area contributed by atoms with E-state index in [2.05, 4.69) is 25.6 Å². The zero-order chi connectivity index (χ0) is 70.0. The van der Waals surface area contributed by atoms with Gasteiger partial charge >= 0.3 is 10.1 Å². The molecule has 512 valence electrons. The number of nitrogens with one attached hydrogen (secondary N) is 4. The summed E-state index contributed by atoms with van der Waals surface area (Å²) in [7, 11) is -14.6. The summed E-state index contributed by atoms with van der Waals surface area (Å²) in [4.78, 5) is 56.0. The number of halogens is 2. The van der Waals surface area contributed by atoms with Gasteiger partial charge in [-0.3, -0.25) is 33.3 Å². The Morgan fingerprint density at radius 1 is 0.495 bits per heavy atom. The number of piperidine rings is 3. The van der Waals surface area contributed by atoms with Crippen LogP contribution in [0.4, 0.5) is 21.5 Å². The second-order valence-electron chi connectivity index (χ2n) is 24.7. The van der Waals surface area contributed by atoms with Crippen molar-refractivity contribution in [3.05, 3.63) is 218 Å². The second kappa shape index (κ2) is 31.1. The number of nitrogens with zero attached hydrogens (tertiary/aromatic N) is 4. The van der Waals surface area contributed by atoms with Crippen LogP contribution in [0.25, 0.3) is 0 Å². The van der Waals surface area contributed by atoms with E-state index in [0.717, 1.165) is 105 Å². The van der Waals surface area contributed by atoms with Crippen LogP contribution in [0.3, 0.4) is 0 Å². The molecule has 0 spiro atoms. The number of hydrogen-bond donors (Lipinski definition) is 4. The summed E-state index contributed by atoms with van der Waals surface area (Å²) < 4.78 is 120. The molecule has 7 aromatic carbocycles. The summed E-state index contributed by atoms with van der Waals surface area (Å²) in [5.41, 5.74) is 8.24. The summed E-state index contributed by atoms with van der Waals surface area (Å²) in [6.07, 6.45) is 10.1. The second-order valence-corrected chi connectivity index (χ2v) is 31.8. The molecule has 0 bridgehead atoms. The molecule has 0 radical (unpaired) electrons. The minimum Gasteiger partial charge on any atom is -0.383 e. The first-order valence-electron chi connectivity index (χ1n) is 31.4. The van der Waals surface area contributed by atoms with Gasteiger partial charge in [-0.15, -0.1) is 0 Å². The molecule has 27 heteroatoms. The van der Waals surface area contributed by atoms with Crippen molar-refractivity contribution < 1.29 is 61.4 Å². The fourth-order valence-corrected chi connectivity index (χ4v) is 14.8. The lowest BCUT2D eigenvalue weighted by Gasteiger charge is -2.32. The van der Waals surface area contributed by atoms with Gasteiger partial charge in [0.25, 0.3) is 33.7 Å². The maximum absolute atomic E-state index is 14.0. The molecular weight excluding hydrogens is 1340 g/mol. The summed E-state index contributed by atoms with van der Waals surface area (Å²) >= 11 is 6.16. The van der Waals surface area contributed by atoms with Gasteiger partial charge in [-0.2, -0.15) is 13.7 Å². The lowest BCUT2D eigenvalue weighted by molar-refractivity contribution is 0.0705. The van der Waals surface area contributed by atoms with E-state index in [4.69, 9.17) is 21.0 Å². The van der Waals surface area contributed by atoms with Crippen LogP contribution in [0.5, 0.6) is 5.75 Å². The maximum atomic E-state index is 14.0. The maximum Gasteiger partial charge on any atom is 0.306 e. The average Bonchev–Trinajstić information content (AvgIpc) is 1.79. The molecular formula is C70H76ClFN8O13S4. The van der Waals surface area contributed by atoms with E-state index >= 15 is 0 Å². The Morgan fingerprint density at radius 3 is 1.27 bits per heavy atom. The van der Waals surface area contributed by atoms with Gasteiger partial charge in [0.05, 0.1) is 52.5 Å². The Morgan fingerprint density at radius 2 is 0.876 bits per heavy atom. The van der Waals surface area contributed by atoms with E-state index in [9.17, 15) is 57.2 Å². The summed E-state index contributed by atoms with van der Waals surface area (Å²) in [6, 6.07) is 44.2. The zero-order valence-electron chi connectivity index (χ0n) is 54.1. The molecule has 21 nitrogen and oxygen atoms in total. The Hall–Kier alpha value is -8.87. The van der Waals surface area contributed by atoms with Gasteiger partial charge in [-0.05, 0) is 202 Å². The van der Waals surface area contributed by atoms with Crippen LogP contribution in [0.1, 0.15) is 144 Å². The molecule has 1 saturated carbocycles. The van der Waals surface area contributed by atoms with Gasteiger partial charge in [-0.1, -0.05) is 72.3 Å². The molecule has 4 fully saturated rings. The first-order chi connectivity index (χ1) is 45.9. The molecule has 7 aromatic rings. The smallest absolute Gasteiger partial charge is 0.306 e. The van der Waals surface area contributed by atoms with Crippen molar-refractivity contribution in [3.63, 3.8) is 0 Å².